The Bertz CT molecular complexity index is 605. The summed E-state index contributed by atoms with van der Waals surface area (Å²) in [7, 11) is 0. The van der Waals surface area contributed by atoms with Crippen molar-refractivity contribution in [2.45, 2.75) is 31.7 Å². The van der Waals surface area contributed by atoms with Crippen LogP contribution in [0, 0.1) is 17.2 Å². The van der Waals surface area contributed by atoms with Gasteiger partial charge in [-0.2, -0.15) is 5.26 Å². The van der Waals surface area contributed by atoms with Crippen LogP contribution < -0.4 is 5.32 Å². The zero-order valence-electron chi connectivity index (χ0n) is 12.3. The number of carbonyl (C=O) groups excluding carboxylic acids is 2. The van der Waals surface area contributed by atoms with E-state index in [1.807, 2.05) is 0 Å². The van der Waals surface area contributed by atoms with E-state index in [1.165, 1.54) is 0 Å². The molecule has 5 nitrogen and oxygen atoms in total. The number of rotatable bonds is 6. The fourth-order valence-electron chi connectivity index (χ4n) is 2.17. The van der Waals surface area contributed by atoms with Crippen LogP contribution in [0.1, 0.15) is 25.3 Å². The summed E-state index contributed by atoms with van der Waals surface area (Å²) < 4.78 is 4.94. The molecule has 0 bridgehead atoms. The molecule has 116 valence electrons. The van der Waals surface area contributed by atoms with Crippen LogP contribution >= 0.6 is 11.6 Å². The van der Waals surface area contributed by atoms with Crippen molar-refractivity contribution in [2.24, 2.45) is 5.92 Å². The van der Waals surface area contributed by atoms with Crippen LogP contribution in [0.5, 0.6) is 0 Å². The summed E-state index contributed by atoms with van der Waals surface area (Å²) in [6.45, 7) is 1.31. The SMILES string of the molecule is C[C@@](C#N)(NC(=O)COC(=O)Cc1ccc(Cl)cc1)C1CC1. The van der Waals surface area contributed by atoms with Crippen molar-refractivity contribution in [3.63, 3.8) is 0 Å². The van der Waals surface area contributed by atoms with E-state index in [4.69, 9.17) is 21.6 Å². The number of nitriles is 1. The van der Waals surface area contributed by atoms with Crippen molar-refractivity contribution in [3.05, 3.63) is 34.9 Å². The number of hydrogen-bond acceptors (Lipinski definition) is 4. The van der Waals surface area contributed by atoms with E-state index in [-0.39, 0.29) is 18.9 Å². The minimum Gasteiger partial charge on any atom is -0.455 e. The number of nitrogens with zero attached hydrogens (tertiary/aromatic N) is 1. The molecule has 1 atom stereocenters. The number of esters is 1. The highest BCUT2D eigenvalue weighted by Crippen LogP contribution is 2.39. The second-order valence-corrected chi connectivity index (χ2v) is 6.04. The molecule has 0 unspecified atom stereocenters. The van der Waals surface area contributed by atoms with E-state index in [0.29, 0.717) is 5.02 Å². The van der Waals surface area contributed by atoms with Gasteiger partial charge in [0.25, 0.3) is 5.91 Å². The Morgan fingerprint density at radius 2 is 2.05 bits per heavy atom. The molecular formula is C16H17ClN2O3. The molecule has 0 heterocycles. The van der Waals surface area contributed by atoms with E-state index in [0.717, 1.165) is 18.4 Å². The summed E-state index contributed by atoms with van der Waals surface area (Å²) in [4.78, 5) is 23.5. The number of nitrogens with one attached hydrogen (secondary N) is 1. The molecule has 1 aliphatic rings. The summed E-state index contributed by atoms with van der Waals surface area (Å²) in [6.07, 6.45) is 1.93. The third-order valence-corrected chi connectivity index (χ3v) is 3.90. The average Bonchev–Trinajstić information content (AvgIpc) is 3.32. The van der Waals surface area contributed by atoms with E-state index in [2.05, 4.69) is 11.4 Å². The molecule has 0 aliphatic heterocycles. The van der Waals surface area contributed by atoms with E-state index in [1.54, 1.807) is 31.2 Å². The van der Waals surface area contributed by atoms with E-state index in [9.17, 15) is 9.59 Å². The zero-order valence-corrected chi connectivity index (χ0v) is 13.0. The average molecular weight is 321 g/mol. The maximum Gasteiger partial charge on any atom is 0.310 e. The van der Waals surface area contributed by atoms with Gasteiger partial charge in [-0.3, -0.25) is 9.59 Å². The summed E-state index contributed by atoms with van der Waals surface area (Å²) >= 11 is 5.76. The van der Waals surface area contributed by atoms with Crippen molar-refractivity contribution in [1.29, 1.82) is 5.26 Å². The van der Waals surface area contributed by atoms with Crippen molar-refractivity contribution >= 4 is 23.5 Å². The van der Waals surface area contributed by atoms with Crippen molar-refractivity contribution in [3.8, 4) is 6.07 Å². The first-order valence-corrected chi connectivity index (χ1v) is 7.43. The molecule has 1 aliphatic carbocycles. The zero-order chi connectivity index (χ0) is 16.2. The minimum atomic E-state index is -0.875. The van der Waals surface area contributed by atoms with Gasteiger partial charge in [0.2, 0.25) is 0 Å². The first-order valence-electron chi connectivity index (χ1n) is 7.05. The molecule has 6 heteroatoms. The number of ether oxygens (including phenoxy) is 1. The van der Waals surface area contributed by atoms with Crippen LogP contribution in [-0.4, -0.2) is 24.0 Å². The Morgan fingerprint density at radius 1 is 1.41 bits per heavy atom. The minimum absolute atomic E-state index is 0.0720. The van der Waals surface area contributed by atoms with Gasteiger partial charge in [-0.15, -0.1) is 0 Å². The molecule has 1 N–H and O–H groups in total. The summed E-state index contributed by atoms with van der Waals surface area (Å²) in [5.41, 5.74) is -0.116. The summed E-state index contributed by atoms with van der Waals surface area (Å²) in [6, 6.07) is 8.94. The predicted molar refractivity (Wildman–Crippen MR) is 81.0 cm³/mol. The van der Waals surface area contributed by atoms with Crippen molar-refractivity contribution in [2.75, 3.05) is 6.61 Å². The Kier molecular flexibility index (Phi) is 5.04. The molecule has 1 aromatic rings. The molecule has 0 aromatic heterocycles. The molecule has 1 aromatic carbocycles. The second-order valence-electron chi connectivity index (χ2n) is 5.60. The van der Waals surface area contributed by atoms with Crippen molar-refractivity contribution < 1.29 is 14.3 Å². The quantitative estimate of drug-likeness (QED) is 0.815. The second kappa shape index (κ2) is 6.80. The monoisotopic (exact) mass is 320 g/mol. The topological polar surface area (TPSA) is 79.2 Å². The fraction of sp³-hybridized carbons (Fsp3) is 0.438. The lowest BCUT2D eigenvalue weighted by molar-refractivity contribution is -0.148. The standard InChI is InChI=1S/C16H17ClN2O3/c1-16(10-18,12-4-5-12)19-14(20)9-22-15(21)8-11-2-6-13(17)7-3-11/h2-3,6-7,12H,4-5,8-9H2,1H3,(H,19,20)/t16-/m0/s1. The number of halogens is 1. The Morgan fingerprint density at radius 3 is 2.59 bits per heavy atom. The van der Waals surface area contributed by atoms with Crippen molar-refractivity contribution in [1.82, 2.24) is 5.32 Å². The molecule has 22 heavy (non-hydrogen) atoms. The van der Waals surface area contributed by atoms with Gasteiger partial charge in [0, 0.05) is 5.02 Å². The molecule has 1 fully saturated rings. The van der Waals surface area contributed by atoms with Gasteiger partial charge >= 0.3 is 5.97 Å². The number of carbonyl (C=O) groups is 2. The maximum atomic E-state index is 11.8. The van der Waals surface area contributed by atoms with Crippen LogP contribution in [0.2, 0.25) is 5.02 Å². The van der Waals surface area contributed by atoms with Gasteiger partial charge in [0.1, 0.15) is 5.54 Å². The van der Waals surface area contributed by atoms with Crippen LogP contribution in [0.3, 0.4) is 0 Å². The van der Waals surface area contributed by atoms with Crippen LogP contribution in [-0.2, 0) is 20.7 Å². The van der Waals surface area contributed by atoms with Crippen LogP contribution in [0.15, 0.2) is 24.3 Å². The summed E-state index contributed by atoms with van der Waals surface area (Å²) in [5, 5.41) is 12.4. The molecule has 1 saturated carbocycles. The Hall–Kier alpha value is -2.06. The molecule has 0 radical (unpaired) electrons. The largest absolute Gasteiger partial charge is 0.455 e. The number of hydrogen-bond donors (Lipinski definition) is 1. The van der Waals surface area contributed by atoms with Gasteiger partial charge in [-0.05, 0) is 43.4 Å². The fourth-order valence-corrected chi connectivity index (χ4v) is 2.30. The highest BCUT2D eigenvalue weighted by atomic mass is 35.5. The van der Waals surface area contributed by atoms with Crippen LogP contribution in [0.4, 0.5) is 0 Å². The molecule has 1 amide bonds. The molecule has 0 saturated heterocycles. The lowest BCUT2D eigenvalue weighted by atomic mass is 9.98. The third-order valence-electron chi connectivity index (χ3n) is 3.65. The number of amides is 1. The van der Waals surface area contributed by atoms with Gasteiger partial charge < -0.3 is 10.1 Å². The molecule has 0 spiro atoms. The Labute approximate surface area is 134 Å². The highest BCUT2D eigenvalue weighted by molar-refractivity contribution is 6.30. The van der Waals surface area contributed by atoms with Gasteiger partial charge in [-0.25, -0.2) is 0 Å². The predicted octanol–water partition coefficient (Wildman–Crippen LogP) is 2.23. The lowest BCUT2D eigenvalue weighted by Gasteiger charge is -2.22. The lowest BCUT2D eigenvalue weighted by Crippen LogP contribution is -2.48. The smallest absolute Gasteiger partial charge is 0.310 e. The number of benzene rings is 1. The van der Waals surface area contributed by atoms with Gasteiger partial charge in [0.05, 0.1) is 12.5 Å². The molecule has 2 rings (SSSR count). The highest BCUT2D eigenvalue weighted by Gasteiger charge is 2.43. The van der Waals surface area contributed by atoms with Gasteiger partial charge in [-0.1, -0.05) is 23.7 Å². The Balaban J connectivity index is 1.77. The first kappa shape index (κ1) is 16.3. The van der Waals surface area contributed by atoms with E-state index >= 15 is 0 Å². The maximum absolute atomic E-state index is 11.8. The summed E-state index contributed by atoms with van der Waals surface area (Å²) in [5.74, 6) is -0.769. The third kappa shape index (κ3) is 4.47. The molecular weight excluding hydrogens is 304 g/mol. The normalized spacial score (nSPS) is 16.2. The van der Waals surface area contributed by atoms with Gasteiger partial charge in [0.15, 0.2) is 6.61 Å². The first-order chi connectivity index (χ1) is 10.4. The van der Waals surface area contributed by atoms with Crippen LogP contribution in [0.25, 0.3) is 0 Å². The van der Waals surface area contributed by atoms with E-state index < -0.39 is 17.4 Å².